The van der Waals surface area contributed by atoms with Gasteiger partial charge < -0.3 is 9.09 Å². The zero-order chi connectivity index (χ0) is 19.3. The van der Waals surface area contributed by atoms with Crippen LogP contribution in [0.25, 0.3) is 11.1 Å². The van der Waals surface area contributed by atoms with E-state index in [-0.39, 0.29) is 11.8 Å². The fourth-order valence-corrected chi connectivity index (χ4v) is 3.78. The van der Waals surface area contributed by atoms with Crippen molar-refractivity contribution in [3.05, 3.63) is 64.3 Å². The van der Waals surface area contributed by atoms with Crippen LogP contribution >= 0.6 is 0 Å². The molecule has 0 saturated heterocycles. The molecule has 0 spiro atoms. The normalized spacial score (nSPS) is 15.7. The number of carbonyl (C=O) groups excluding carboxylic acids is 1. The third-order valence-electron chi connectivity index (χ3n) is 5.27. The number of hydrogen-bond acceptors (Lipinski definition) is 4. The van der Waals surface area contributed by atoms with Gasteiger partial charge in [-0.15, -0.1) is 0 Å². The predicted octanol–water partition coefficient (Wildman–Crippen LogP) is 4.48. The number of nitrogens with zero attached hydrogens (tertiary/aromatic N) is 3. The maximum atomic E-state index is 11.9. The van der Waals surface area contributed by atoms with Crippen molar-refractivity contribution < 1.29 is 9.32 Å². The Bertz CT molecular complexity index is 1070. The summed E-state index contributed by atoms with van der Waals surface area (Å²) >= 11 is 0. The molecule has 0 bridgehead atoms. The van der Waals surface area contributed by atoms with E-state index < -0.39 is 0 Å². The Morgan fingerprint density at radius 1 is 1.15 bits per heavy atom. The Hall–Kier alpha value is -2.95. The standard InChI is InChI=1S/C22H23N3O2/c1-12-6-8-16(9-7-12)21-20-15(4)25(5)11-17(20)19-14(3)24-27-22(19)18(23-21)10-13(2)26/h6-9,11,18H,10H2,1-5H3/t18-/m0/s1. The van der Waals surface area contributed by atoms with Crippen LogP contribution in [0, 0.1) is 20.8 Å². The summed E-state index contributed by atoms with van der Waals surface area (Å²) in [7, 11) is 2.03. The van der Waals surface area contributed by atoms with E-state index in [0.717, 1.165) is 39.4 Å². The average Bonchev–Trinajstić information content (AvgIpc) is 3.08. The molecule has 138 valence electrons. The van der Waals surface area contributed by atoms with E-state index >= 15 is 0 Å². The third-order valence-corrected chi connectivity index (χ3v) is 5.27. The first-order valence-electron chi connectivity index (χ1n) is 9.14. The number of Topliss-reactive ketones (excluding diaryl/α,β-unsaturated/α-hetero) is 1. The van der Waals surface area contributed by atoms with Gasteiger partial charge >= 0.3 is 0 Å². The van der Waals surface area contributed by atoms with Crippen molar-refractivity contribution in [2.24, 2.45) is 12.0 Å². The number of aromatic nitrogens is 2. The van der Waals surface area contributed by atoms with Gasteiger partial charge in [0, 0.05) is 42.0 Å². The minimum atomic E-state index is -0.368. The highest BCUT2D eigenvalue weighted by Gasteiger charge is 2.33. The van der Waals surface area contributed by atoms with Crippen molar-refractivity contribution in [2.75, 3.05) is 0 Å². The van der Waals surface area contributed by atoms with E-state index in [9.17, 15) is 4.79 Å². The highest BCUT2D eigenvalue weighted by Crippen LogP contribution is 2.42. The van der Waals surface area contributed by atoms with Crippen LogP contribution in [0.15, 0.2) is 40.0 Å². The van der Waals surface area contributed by atoms with E-state index in [0.29, 0.717) is 12.2 Å². The molecule has 1 aromatic carbocycles. The summed E-state index contributed by atoms with van der Waals surface area (Å²) in [5.41, 5.74) is 8.20. The van der Waals surface area contributed by atoms with Crippen LogP contribution in [0.1, 0.15) is 53.2 Å². The molecule has 0 aliphatic carbocycles. The molecule has 5 heteroatoms. The zero-order valence-corrected chi connectivity index (χ0v) is 16.3. The van der Waals surface area contributed by atoms with Gasteiger partial charge in [-0.25, -0.2) is 0 Å². The van der Waals surface area contributed by atoms with Crippen molar-refractivity contribution >= 4 is 11.5 Å². The van der Waals surface area contributed by atoms with Crippen LogP contribution in [0.5, 0.6) is 0 Å². The second kappa shape index (κ2) is 6.34. The molecule has 0 unspecified atom stereocenters. The molecule has 1 atom stereocenters. The van der Waals surface area contributed by atoms with Crippen molar-refractivity contribution in [3.8, 4) is 11.1 Å². The number of benzene rings is 1. The Labute approximate surface area is 158 Å². The van der Waals surface area contributed by atoms with E-state index in [1.807, 2.05) is 14.0 Å². The first kappa shape index (κ1) is 17.5. The van der Waals surface area contributed by atoms with Crippen LogP contribution in [-0.4, -0.2) is 21.2 Å². The van der Waals surface area contributed by atoms with Crippen LogP contribution < -0.4 is 0 Å². The van der Waals surface area contributed by atoms with Crippen LogP contribution in [-0.2, 0) is 11.8 Å². The summed E-state index contributed by atoms with van der Waals surface area (Å²) in [6, 6.07) is 7.99. The van der Waals surface area contributed by atoms with E-state index in [4.69, 9.17) is 9.52 Å². The fourth-order valence-electron chi connectivity index (χ4n) is 3.78. The lowest BCUT2D eigenvalue weighted by Crippen LogP contribution is -2.09. The van der Waals surface area contributed by atoms with Gasteiger partial charge in [0.05, 0.1) is 17.0 Å². The lowest BCUT2D eigenvalue weighted by molar-refractivity contribution is -0.117. The number of hydrogen-bond donors (Lipinski definition) is 0. The topological polar surface area (TPSA) is 60.4 Å². The van der Waals surface area contributed by atoms with Crippen LogP contribution in [0.3, 0.4) is 0 Å². The van der Waals surface area contributed by atoms with Gasteiger partial charge in [-0.1, -0.05) is 35.0 Å². The zero-order valence-electron chi connectivity index (χ0n) is 16.3. The smallest absolute Gasteiger partial charge is 0.169 e. The van der Waals surface area contributed by atoms with Crippen LogP contribution in [0.4, 0.5) is 0 Å². The molecule has 1 aliphatic rings. The Balaban J connectivity index is 2.04. The van der Waals surface area contributed by atoms with Crippen molar-refractivity contribution in [3.63, 3.8) is 0 Å². The van der Waals surface area contributed by atoms with Crippen molar-refractivity contribution in [1.29, 1.82) is 0 Å². The highest BCUT2D eigenvalue weighted by molar-refractivity contribution is 6.18. The van der Waals surface area contributed by atoms with Gasteiger partial charge in [0.1, 0.15) is 11.8 Å². The molecule has 3 aromatic rings. The average molecular weight is 361 g/mol. The quantitative estimate of drug-likeness (QED) is 0.691. The summed E-state index contributed by atoms with van der Waals surface area (Å²) in [6.45, 7) is 7.69. The molecule has 0 fully saturated rings. The molecule has 27 heavy (non-hydrogen) atoms. The van der Waals surface area contributed by atoms with Gasteiger partial charge in [-0.05, 0) is 27.7 Å². The number of ketones is 1. The molecule has 3 heterocycles. The largest absolute Gasteiger partial charge is 0.358 e. The van der Waals surface area contributed by atoms with Gasteiger partial charge in [-0.3, -0.25) is 9.79 Å². The fraction of sp³-hybridized carbons (Fsp3) is 0.318. The Morgan fingerprint density at radius 2 is 1.85 bits per heavy atom. The van der Waals surface area contributed by atoms with E-state index in [2.05, 4.69) is 54.0 Å². The number of aryl methyl sites for hydroxylation is 3. The Morgan fingerprint density at radius 3 is 2.52 bits per heavy atom. The second-order valence-corrected chi connectivity index (χ2v) is 7.39. The number of carbonyl (C=O) groups is 1. The van der Waals surface area contributed by atoms with Gasteiger partial charge in [-0.2, -0.15) is 0 Å². The first-order chi connectivity index (χ1) is 12.9. The van der Waals surface area contributed by atoms with Crippen LogP contribution in [0.2, 0.25) is 0 Å². The molecule has 1 aliphatic heterocycles. The van der Waals surface area contributed by atoms with Gasteiger partial charge in [0.2, 0.25) is 0 Å². The number of aliphatic imine (C=N–C) groups is 1. The lowest BCUT2D eigenvalue weighted by Gasteiger charge is -2.12. The summed E-state index contributed by atoms with van der Waals surface area (Å²) in [5.74, 6) is 0.757. The van der Waals surface area contributed by atoms with Crippen molar-refractivity contribution in [1.82, 2.24) is 9.72 Å². The third kappa shape index (κ3) is 2.83. The number of rotatable bonds is 3. The predicted molar refractivity (Wildman–Crippen MR) is 105 cm³/mol. The molecule has 0 amide bonds. The summed E-state index contributed by atoms with van der Waals surface area (Å²) in [5, 5.41) is 4.18. The number of fused-ring (bicyclic) bond motifs is 3. The maximum absolute atomic E-state index is 11.9. The highest BCUT2D eigenvalue weighted by atomic mass is 16.5. The van der Waals surface area contributed by atoms with Gasteiger partial charge in [0.25, 0.3) is 0 Å². The molecule has 2 aromatic heterocycles. The Kier molecular flexibility index (Phi) is 4.10. The first-order valence-corrected chi connectivity index (χ1v) is 9.14. The molecule has 4 rings (SSSR count). The second-order valence-electron chi connectivity index (χ2n) is 7.39. The lowest BCUT2D eigenvalue weighted by atomic mass is 9.94. The molecule has 5 nitrogen and oxygen atoms in total. The summed E-state index contributed by atoms with van der Waals surface area (Å²) in [6.07, 6.45) is 2.40. The molecular formula is C22H23N3O2. The SMILES string of the molecule is CC(=O)C[C@@H]1N=C(c2ccc(C)cc2)c2c(cn(C)c2C)-c2c(C)noc21. The van der Waals surface area contributed by atoms with Crippen molar-refractivity contribution in [2.45, 2.75) is 40.2 Å². The molecule has 0 saturated carbocycles. The minimum Gasteiger partial charge on any atom is -0.358 e. The van der Waals surface area contributed by atoms with E-state index in [1.165, 1.54) is 5.56 Å². The minimum absolute atomic E-state index is 0.0795. The van der Waals surface area contributed by atoms with Gasteiger partial charge in [0.15, 0.2) is 5.76 Å². The van der Waals surface area contributed by atoms with E-state index in [1.54, 1.807) is 6.92 Å². The summed E-state index contributed by atoms with van der Waals surface area (Å²) < 4.78 is 7.78. The molecular weight excluding hydrogens is 338 g/mol. The summed E-state index contributed by atoms with van der Waals surface area (Å²) in [4.78, 5) is 17.0. The molecule has 0 N–H and O–H groups in total. The monoisotopic (exact) mass is 361 g/mol. The maximum Gasteiger partial charge on any atom is 0.169 e. The molecule has 0 radical (unpaired) electrons.